The lowest BCUT2D eigenvalue weighted by atomic mass is 9.44. The molecule has 4 saturated carbocycles. The SMILES string of the molecule is CC[C@H]1CC[C@H]2[C@@H]3CCC4CC(O)C(N(C)C)C[C@]4(C)[C@H]3CC[C@]12C. The van der Waals surface area contributed by atoms with Crippen molar-refractivity contribution >= 4 is 0 Å². The molecule has 0 aromatic carbocycles. The van der Waals surface area contributed by atoms with Gasteiger partial charge in [0.15, 0.2) is 0 Å². The number of rotatable bonds is 2. The van der Waals surface area contributed by atoms with E-state index in [1.54, 1.807) is 0 Å². The minimum Gasteiger partial charge on any atom is -0.391 e. The average Bonchev–Trinajstić information content (AvgIpc) is 2.91. The standard InChI is InChI=1S/C23H41NO/c1-6-15-8-10-18-17-9-7-16-13-21(25)20(24(4)5)14-23(16,3)19(17)11-12-22(15,18)2/h15-21,25H,6-14H2,1-5H3/t15-,16?,17-,18-,19-,20?,21?,22+,23-/m0/s1. The molecular formula is C23H41NO. The molecule has 0 heterocycles. The highest BCUT2D eigenvalue weighted by Gasteiger charge is 2.60. The minimum atomic E-state index is -0.116. The number of aliphatic hydroxyl groups excluding tert-OH is 1. The van der Waals surface area contributed by atoms with E-state index in [-0.39, 0.29) is 6.10 Å². The van der Waals surface area contributed by atoms with Gasteiger partial charge in [-0.25, -0.2) is 0 Å². The van der Waals surface area contributed by atoms with E-state index >= 15 is 0 Å². The molecule has 2 heteroatoms. The van der Waals surface area contributed by atoms with Crippen LogP contribution in [0.15, 0.2) is 0 Å². The van der Waals surface area contributed by atoms with Crippen molar-refractivity contribution in [2.75, 3.05) is 14.1 Å². The predicted molar refractivity (Wildman–Crippen MR) is 104 cm³/mol. The molecule has 4 aliphatic rings. The third-order valence-electron chi connectivity index (χ3n) is 10.0. The lowest BCUT2D eigenvalue weighted by Gasteiger charge is -2.62. The Morgan fingerprint density at radius 2 is 1.68 bits per heavy atom. The van der Waals surface area contributed by atoms with E-state index in [1.165, 1.54) is 51.4 Å². The highest BCUT2D eigenvalue weighted by atomic mass is 16.3. The van der Waals surface area contributed by atoms with Crippen molar-refractivity contribution in [1.29, 1.82) is 0 Å². The van der Waals surface area contributed by atoms with Crippen molar-refractivity contribution in [2.24, 2.45) is 40.4 Å². The Morgan fingerprint density at radius 3 is 2.36 bits per heavy atom. The molecule has 4 aliphatic carbocycles. The molecule has 2 nitrogen and oxygen atoms in total. The van der Waals surface area contributed by atoms with Gasteiger partial charge in [0, 0.05) is 6.04 Å². The van der Waals surface area contributed by atoms with Crippen LogP contribution in [0.2, 0.25) is 0 Å². The van der Waals surface area contributed by atoms with Gasteiger partial charge in [-0.1, -0.05) is 27.2 Å². The van der Waals surface area contributed by atoms with E-state index < -0.39 is 0 Å². The van der Waals surface area contributed by atoms with Crippen LogP contribution in [0.4, 0.5) is 0 Å². The predicted octanol–water partition coefficient (Wildman–Crippen LogP) is 4.96. The Hall–Kier alpha value is -0.0800. The highest BCUT2D eigenvalue weighted by Crippen LogP contribution is 2.67. The summed E-state index contributed by atoms with van der Waals surface area (Å²) in [6.07, 6.45) is 12.3. The maximum atomic E-state index is 10.7. The Bertz CT molecular complexity index is 504. The smallest absolute Gasteiger partial charge is 0.0698 e. The molecule has 0 radical (unpaired) electrons. The molecule has 4 fully saturated rings. The second-order valence-corrected chi connectivity index (χ2v) is 10.9. The first-order valence-electron chi connectivity index (χ1n) is 11.2. The third-order valence-corrected chi connectivity index (χ3v) is 10.0. The summed E-state index contributed by atoms with van der Waals surface area (Å²) in [6, 6.07) is 0.361. The van der Waals surface area contributed by atoms with Gasteiger partial charge in [-0.15, -0.1) is 0 Å². The van der Waals surface area contributed by atoms with Crippen LogP contribution in [0.5, 0.6) is 0 Å². The number of hydrogen-bond acceptors (Lipinski definition) is 2. The summed E-state index contributed by atoms with van der Waals surface area (Å²) in [5.41, 5.74) is 1.09. The fourth-order valence-electron chi connectivity index (χ4n) is 8.58. The van der Waals surface area contributed by atoms with Crippen LogP contribution >= 0.6 is 0 Å². The van der Waals surface area contributed by atoms with Crippen molar-refractivity contribution in [2.45, 2.75) is 90.7 Å². The van der Waals surface area contributed by atoms with E-state index in [9.17, 15) is 5.11 Å². The van der Waals surface area contributed by atoms with Crippen LogP contribution in [-0.2, 0) is 0 Å². The summed E-state index contributed by atoms with van der Waals surface area (Å²) in [6.45, 7) is 7.69. The molecule has 1 N–H and O–H groups in total. The van der Waals surface area contributed by atoms with Crippen molar-refractivity contribution in [1.82, 2.24) is 4.90 Å². The van der Waals surface area contributed by atoms with Gasteiger partial charge in [-0.3, -0.25) is 0 Å². The summed E-state index contributed by atoms with van der Waals surface area (Å²) in [5, 5.41) is 10.7. The van der Waals surface area contributed by atoms with Gasteiger partial charge in [0.05, 0.1) is 6.10 Å². The fraction of sp³-hybridized carbons (Fsp3) is 1.00. The Kier molecular flexibility index (Phi) is 4.56. The minimum absolute atomic E-state index is 0.116. The molecule has 0 aromatic heterocycles. The molecule has 9 atom stereocenters. The van der Waals surface area contributed by atoms with Gasteiger partial charge in [0.2, 0.25) is 0 Å². The van der Waals surface area contributed by atoms with Gasteiger partial charge >= 0.3 is 0 Å². The number of nitrogens with zero attached hydrogens (tertiary/aromatic N) is 1. The molecule has 0 amide bonds. The van der Waals surface area contributed by atoms with Crippen molar-refractivity contribution in [3.05, 3.63) is 0 Å². The van der Waals surface area contributed by atoms with Crippen molar-refractivity contribution in [3.63, 3.8) is 0 Å². The van der Waals surface area contributed by atoms with Crippen LogP contribution in [0.25, 0.3) is 0 Å². The lowest BCUT2D eigenvalue weighted by Crippen LogP contribution is -2.58. The largest absolute Gasteiger partial charge is 0.391 e. The van der Waals surface area contributed by atoms with Crippen LogP contribution in [0, 0.1) is 40.4 Å². The Balaban J connectivity index is 1.61. The zero-order chi connectivity index (χ0) is 18.0. The van der Waals surface area contributed by atoms with Gasteiger partial charge in [0.1, 0.15) is 0 Å². The number of hydrogen-bond donors (Lipinski definition) is 1. The molecule has 0 spiro atoms. The lowest BCUT2D eigenvalue weighted by molar-refractivity contribution is -0.144. The second-order valence-electron chi connectivity index (χ2n) is 10.9. The number of aliphatic hydroxyl groups is 1. The van der Waals surface area contributed by atoms with Crippen molar-refractivity contribution < 1.29 is 5.11 Å². The highest BCUT2D eigenvalue weighted by molar-refractivity contribution is 5.10. The van der Waals surface area contributed by atoms with E-state index in [1.807, 2.05) is 0 Å². The summed E-state index contributed by atoms with van der Waals surface area (Å²) in [4.78, 5) is 2.30. The first kappa shape index (κ1) is 18.3. The average molecular weight is 348 g/mol. The molecule has 0 aromatic rings. The second kappa shape index (κ2) is 6.23. The first-order valence-corrected chi connectivity index (χ1v) is 11.2. The van der Waals surface area contributed by atoms with Crippen molar-refractivity contribution in [3.8, 4) is 0 Å². The molecule has 4 rings (SSSR count). The summed E-state index contributed by atoms with van der Waals surface area (Å²) < 4.78 is 0. The maximum Gasteiger partial charge on any atom is 0.0698 e. The molecule has 3 unspecified atom stereocenters. The Labute approximate surface area is 155 Å². The zero-order valence-electron chi connectivity index (χ0n) is 17.3. The quantitative estimate of drug-likeness (QED) is 0.763. The van der Waals surface area contributed by atoms with Gasteiger partial charge < -0.3 is 10.0 Å². The molecule has 0 aliphatic heterocycles. The number of likely N-dealkylation sites (N-methyl/N-ethyl adjacent to an activating group) is 1. The van der Waals surface area contributed by atoms with Crippen LogP contribution in [0.1, 0.15) is 78.6 Å². The van der Waals surface area contributed by atoms with Gasteiger partial charge in [-0.05, 0) is 106 Å². The van der Waals surface area contributed by atoms with Crippen LogP contribution in [-0.4, -0.2) is 36.2 Å². The molecule has 144 valence electrons. The Morgan fingerprint density at radius 1 is 0.960 bits per heavy atom. The maximum absolute atomic E-state index is 10.7. The normalized spacial score (nSPS) is 55.6. The van der Waals surface area contributed by atoms with Gasteiger partial charge in [0.25, 0.3) is 0 Å². The van der Waals surface area contributed by atoms with Crippen LogP contribution in [0.3, 0.4) is 0 Å². The summed E-state index contributed by atoms with van der Waals surface area (Å²) in [5.74, 6) is 4.60. The van der Waals surface area contributed by atoms with E-state index in [0.717, 1.165) is 36.0 Å². The number of fused-ring (bicyclic) bond motifs is 5. The van der Waals surface area contributed by atoms with E-state index in [2.05, 4.69) is 39.8 Å². The van der Waals surface area contributed by atoms with E-state index in [4.69, 9.17) is 0 Å². The molecule has 0 saturated heterocycles. The summed E-state index contributed by atoms with van der Waals surface area (Å²) >= 11 is 0. The monoisotopic (exact) mass is 347 g/mol. The van der Waals surface area contributed by atoms with Gasteiger partial charge in [-0.2, -0.15) is 0 Å². The fourth-order valence-corrected chi connectivity index (χ4v) is 8.58. The third kappa shape index (κ3) is 2.57. The molecular weight excluding hydrogens is 306 g/mol. The molecule has 25 heavy (non-hydrogen) atoms. The van der Waals surface area contributed by atoms with E-state index in [0.29, 0.717) is 16.9 Å². The first-order chi connectivity index (χ1) is 11.8. The summed E-state index contributed by atoms with van der Waals surface area (Å²) in [7, 11) is 4.33. The zero-order valence-corrected chi connectivity index (χ0v) is 17.3. The topological polar surface area (TPSA) is 23.5 Å². The van der Waals surface area contributed by atoms with Crippen LogP contribution < -0.4 is 0 Å². The molecule has 0 bridgehead atoms.